The maximum absolute atomic E-state index is 13.0. The Balaban J connectivity index is 1.52. The van der Waals surface area contributed by atoms with E-state index in [1.165, 1.54) is 0 Å². The van der Waals surface area contributed by atoms with Crippen LogP contribution in [0.2, 0.25) is 5.02 Å². The summed E-state index contributed by atoms with van der Waals surface area (Å²) in [7, 11) is 0. The Labute approximate surface area is 163 Å². The second-order valence-corrected chi connectivity index (χ2v) is 7.23. The molecule has 1 aliphatic rings. The van der Waals surface area contributed by atoms with E-state index >= 15 is 0 Å². The van der Waals surface area contributed by atoms with Gasteiger partial charge in [-0.1, -0.05) is 53.2 Å². The normalized spacial score (nSPS) is 17.1. The molecule has 1 aliphatic heterocycles. The lowest BCUT2D eigenvalue weighted by molar-refractivity contribution is 0.0695. The van der Waals surface area contributed by atoms with Gasteiger partial charge in [0.2, 0.25) is 11.7 Å². The fourth-order valence-electron chi connectivity index (χ4n) is 3.48. The molecule has 0 N–H and O–H groups in total. The van der Waals surface area contributed by atoms with Crippen molar-refractivity contribution in [2.45, 2.75) is 25.7 Å². The number of carbonyl (C=O) groups is 1. The van der Waals surface area contributed by atoms with Gasteiger partial charge in [0, 0.05) is 29.2 Å². The van der Waals surface area contributed by atoms with Gasteiger partial charge in [-0.3, -0.25) is 4.79 Å². The van der Waals surface area contributed by atoms with Crippen LogP contribution in [0.25, 0.3) is 11.4 Å². The van der Waals surface area contributed by atoms with Gasteiger partial charge in [-0.15, -0.1) is 0 Å². The number of hydrogen-bond donors (Lipinski definition) is 0. The Morgan fingerprint density at radius 3 is 2.81 bits per heavy atom. The van der Waals surface area contributed by atoms with Crippen LogP contribution in [0.15, 0.2) is 53.1 Å². The first kappa shape index (κ1) is 17.7. The van der Waals surface area contributed by atoms with Gasteiger partial charge in [0.1, 0.15) is 0 Å². The predicted octanol–water partition coefficient (Wildman–Crippen LogP) is 4.72. The van der Waals surface area contributed by atoms with Crippen molar-refractivity contribution in [3.63, 3.8) is 0 Å². The largest absolute Gasteiger partial charge is 0.339 e. The zero-order valence-corrected chi connectivity index (χ0v) is 15.8. The van der Waals surface area contributed by atoms with Crippen molar-refractivity contribution >= 4 is 17.5 Å². The second kappa shape index (κ2) is 7.53. The molecule has 3 aromatic rings. The van der Waals surface area contributed by atoms with Gasteiger partial charge in [0.05, 0.1) is 5.92 Å². The highest BCUT2D eigenvalue weighted by molar-refractivity contribution is 6.31. The van der Waals surface area contributed by atoms with Crippen LogP contribution in [0.4, 0.5) is 0 Å². The SMILES string of the molecule is Cc1c(Cl)cccc1C(=O)N1CCC[C@@H](c2nc(-c3ccccc3)no2)C1. The van der Waals surface area contributed by atoms with E-state index in [2.05, 4.69) is 10.1 Å². The van der Waals surface area contributed by atoms with E-state index in [0.717, 1.165) is 30.5 Å². The fourth-order valence-corrected chi connectivity index (χ4v) is 3.65. The quantitative estimate of drug-likeness (QED) is 0.658. The molecule has 0 bridgehead atoms. The number of benzene rings is 2. The van der Waals surface area contributed by atoms with Crippen LogP contribution < -0.4 is 0 Å². The summed E-state index contributed by atoms with van der Waals surface area (Å²) in [5, 5.41) is 4.72. The average Bonchev–Trinajstić information content (AvgIpc) is 3.21. The first-order valence-corrected chi connectivity index (χ1v) is 9.44. The summed E-state index contributed by atoms with van der Waals surface area (Å²) in [6.07, 6.45) is 1.83. The number of rotatable bonds is 3. The van der Waals surface area contributed by atoms with Crippen molar-refractivity contribution in [1.82, 2.24) is 15.0 Å². The lowest BCUT2D eigenvalue weighted by Gasteiger charge is -2.31. The number of nitrogens with zero attached hydrogens (tertiary/aromatic N) is 3. The maximum Gasteiger partial charge on any atom is 0.254 e. The molecule has 4 rings (SSSR count). The number of hydrogen-bond acceptors (Lipinski definition) is 4. The number of likely N-dealkylation sites (tertiary alicyclic amines) is 1. The van der Waals surface area contributed by atoms with Crippen molar-refractivity contribution in [3.05, 3.63) is 70.6 Å². The van der Waals surface area contributed by atoms with E-state index in [9.17, 15) is 4.79 Å². The molecule has 27 heavy (non-hydrogen) atoms. The summed E-state index contributed by atoms with van der Waals surface area (Å²) in [5.41, 5.74) is 2.39. The number of piperidine rings is 1. The zero-order valence-electron chi connectivity index (χ0n) is 15.1. The Morgan fingerprint density at radius 1 is 1.19 bits per heavy atom. The van der Waals surface area contributed by atoms with E-state index in [4.69, 9.17) is 16.1 Å². The molecule has 6 heteroatoms. The van der Waals surface area contributed by atoms with Crippen LogP contribution in [-0.4, -0.2) is 34.0 Å². The summed E-state index contributed by atoms with van der Waals surface area (Å²) >= 11 is 6.18. The van der Waals surface area contributed by atoms with Crippen molar-refractivity contribution < 1.29 is 9.32 Å². The molecule has 138 valence electrons. The molecule has 0 aliphatic carbocycles. The van der Waals surface area contributed by atoms with Crippen LogP contribution in [-0.2, 0) is 0 Å². The molecular weight excluding hydrogens is 362 g/mol. The van der Waals surface area contributed by atoms with E-state index in [-0.39, 0.29) is 11.8 Å². The Bertz CT molecular complexity index is 955. The molecular formula is C21H20ClN3O2. The Morgan fingerprint density at radius 2 is 2.00 bits per heavy atom. The minimum atomic E-state index is 0.00231. The van der Waals surface area contributed by atoms with Crippen molar-refractivity contribution in [2.75, 3.05) is 13.1 Å². The van der Waals surface area contributed by atoms with E-state index < -0.39 is 0 Å². The molecule has 0 unspecified atom stereocenters. The lowest BCUT2D eigenvalue weighted by Crippen LogP contribution is -2.39. The van der Waals surface area contributed by atoms with Gasteiger partial charge in [-0.2, -0.15) is 4.98 Å². The third-order valence-electron chi connectivity index (χ3n) is 5.03. The Kier molecular flexibility index (Phi) is 4.94. The predicted molar refractivity (Wildman–Crippen MR) is 104 cm³/mol. The van der Waals surface area contributed by atoms with Crippen LogP contribution in [0.1, 0.15) is 40.6 Å². The summed E-state index contributed by atoms with van der Waals surface area (Å²) in [6.45, 7) is 3.17. The van der Waals surface area contributed by atoms with Gasteiger partial charge in [-0.05, 0) is 37.5 Å². The van der Waals surface area contributed by atoms with Gasteiger partial charge in [-0.25, -0.2) is 0 Å². The van der Waals surface area contributed by atoms with E-state index in [1.54, 1.807) is 6.07 Å². The highest BCUT2D eigenvalue weighted by Crippen LogP contribution is 2.29. The van der Waals surface area contributed by atoms with Gasteiger partial charge in [0.25, 0.3) is 5.91 Å². The minimum absolute atomic E-state index is 0.00231. The van der Waals surface area contributed by atoms with Crippen LogP contribution in [0, 0.1) is 6.92 Å². The molecule has 0 saturated carbocycles. The second-order valence-electron chi connectivity index (χ2n) is 6.82. The molecule has 1 aromatic heterocycles. The first-order valence-electron chi connectivity index (χ1n) is 9.07. The number of amides is 1. The molecule has 0 radical (unpaired) electrons. The molecule has 1 atom stereocenters. The molecule has 2 aromatic carbocycles. The Hall–Kier alpha value is -2.66. The fraction of sp³-hybridized carbons (Fsp3) is 0.286. The molecule has 1 amide bonds. The average molecular weight is 382 g/mol. The minimum Gasteiger partial charge on any atom is -0.339 e. The number of halogens is 1. The van der Waals surface area contributed by atoms with Gasteiger partial charge >= 0.3 is 0 Å². The smallest absolute Gasteiger partial charge is 0.254 e. The van der Waals surface area contributed by atoms with Gasteiger partial charge < -0.3 is 9.42 Å². The molecule has 1 fully saturated rings. The van der Waals surface area contributed by atoms with Crippen LogP contribution in [0.5, 0.6) is 0 Å². The van der Waals surface area contributed by atoms with Crippen molar-refractivity contribution in [2.24, 2.45) is 0 Å². The molecule has 1 saturated heterocycles. The van der Waals surface area contributed by atoms with Crippen molar-refractivity contribution in [3.8, 4) is 11.4 Å². The first-order chi connectivity index (χ1) is 13.1. The number of carbonyl (C=O) groups excluding carboxylic acids is 1. The third-order valence-corrected chi connectivity index (χ3v) is 5.44. The van der Waals surface area contributed by atoms with E-state index in [1.807, 2.05) is 54.3 Å². The van der Waals surface area contributed by atoms with Crippen LogP contribution >= 0.6 is 11.6 Å². The lowest BCUT2D eigenvalue weighted by atomic mass is 9.96. The molecule has 0 spiro atoms. The monoisotopic (exact) mass is 381 g/mol. The highest BCUT2D eigenvalue weighted by Gasteiger charge is 2.29. The third kappa shape index (κ3) is 3.60. The summed E-state index contributed by atoms with van der Waals surface area (Å²) in [6, 6.07) is 15.2. The standard InChI is InChI=1S/C21H20ClN3O2/c1-14-17(10-5-11-18(14)22)21(26)25-12-6-9-16(13-25)20-23-19(24-27-20)15-7-3-2-4-8-15/h2-5,7-8,10-11,16H,6,9,12-13H2,1H3/t16-/m1/s1. The van der Waals surface area contributed by atoms with Gasteiger partial charge in [0.15, 0.2) is 0 Å². The van der Waals surface area contributed by atoms with Crippen LogP contribution in [0.3, 0.4) is 0 Å². The summed E-state index contributed by atoms with van der Waals surface area (Å²) < 4.78 is 5.51. The maximum atomic E-state index is 13.0. The van der Waals surface area contributed by atoms with Crippen molar-refractivity contribution in [1.29, 1.82) is 0 Å². The summed E-state index contributed by atoms with van der Waals surface area (Å²) in [5.74, 6) is 1.23. The molecule has 2 heterocycles. The number of aromatic nitrogens is 2. The highest BCUT2D eigenvalue weighted by atomic mass is 35.5. The molecule has 5 nitrogen and oxygen atoms in total. The van der Waals surface area contributed by atoms with E-state index in [0.29, 0.717) is 28.8 Å². The zero-order chi connectivity index (χ0) is 18.8. The summed E-state index contributed by atoms with van der Waals surface area (Å²) in [4.78, 5) is 19.4. The topological polar surface area (TPSA) is 59.2 Å².